The van der Waals surface area contributed by atoms with Gasteiger partial charge in [-0.15, -0.1) is 0 Å². The third-order valence-electron chi connectivity index (χ3n) is 4.99. The fourth-order valence-corrected chi connectivity index (χ4v) is 4.36. The van der Waals surface area contributed by atoms with Crippen LogP contribution in [-0.4, -0.2) is 47.7 Å². The number of anilines is 1. The lowest BCUT2D eigenvalue weighted by Crippen LogP contribution is -2.42. The smallest absolute Gasteiger partial charge is 0.318 e. The van der Waals surface area contributed by atoms with Crippen LogP contribution in [-0.2, 0) is 19.5 Å². The van der Waals surface area contributed by atoms with Crippen LogP contribution in [0.2, 0.25) is 0 Å². The van der Waals surface area contributed by atoms with E-state index in [1.54, 1.807) is 38.2 Å². The average molecular weight is 458 g/mol. The first-order valence-corrected chi connectivity index (χ1v) is 10.8. The van der Waals surface area contributed by atoms with Crippen molar-refractivity contribution in [1.82, 2.24) is 20.4 Å². The number of ether oxygens (including phenoxy) is 2. The number of nitrogens with zero attached hydrogens (tertiary/aromatic N) is 3. The van der Waals surface area contributed by atoms with Crippen LogP contribution < -0.4 is 20.1 Å². The van der Waals surface area contributed by atoms with Gasteiger partial charge >= 0.3 is 6.03 Å². The maximum Gasteiger partial charge on any atom is 0.318 e. The number of hydrogen-bond donors (Lipinski definition) is 2. The summed E-state index contributed by atoms with van der Waals surface area (Å²) in [7, 11) is 3.15. The van der Waals surface area contributed by atoms with Crippen molar-refractivity contribution in [2.24, 2.45) is 0 Å². The highest BCUT2D eigenvalue weighted by molar-refractivity contribution is 7.15. The van der Waals surface area contributed by atoms with E-state index < -0.39 is 0 Å². The number of aromatic nitrogens is 2. The molecule has 2 N–H and O–H groups in total. The Bertz CT molecular complexity index is 1140. The van der Waals surface area contributed by atoms with Gasteiger partial charge in [-0.05, 0) is 24.6 Å². The molecule has 3 aromatic rings. The average Bonchev–Trinajstić information content (AvgIpc) is 3.42. The van der Waals surface area contributed by atoms with Crippen molar-refractivity contribution in [3.8, 4) is 11.5 Å². The molecule has 4 rings (SSSR count). The molecule has 1 aliphatic rings. The summed E-state index contributed by atoms with van der Waals surface area (Å²) in [4.78, 5) is 32.1. The summed E-state index contributed by atoms with van der Waals surface area (Å²) in [5.74, 6) is 1.43. The number of thiazole rings is 1. The van der Waals surface area contributed by atoms with E-state index in [4.69, 9.17) is 14.0 Å². The Hall–Kier alpha value is -3.60. The van der Waals surface area contributed by atoms with Crippen LogP contribution in [0.25, 0.3) is 0 Å². The number of rotatable bonds is 6. The van der Waals surface area contributed by atoms with Gasteiger partial charge in [0.25, 0.3) is 5.91 Å². The first kappa shape index (κ1) is 21.6. The van der Waals surface area contributed by atoms with Crippen LogP contribution in [0.1, 0.15) is 32.4 Å². The minimum Gasteiger partial charge on any atom is -0.493 e. The molecule has 3 heterocycles. The molecule has 0 saturated carbocycles. The molecular formula is C21H23N5O5S. The lowest BCUT2D eigenvalue weighted by molar-refractivity contribution is 0.101. The van der Waals surface area contributed by atoms with Gasteiger partial charge in [0.2, 0.25) is 0 Å². The minimum atomic E-state index is -0.377. The van der Waals surface area contributed by atoms with Crippen molar-refractivity contribution < 1.29 is 23.6 Å². The molecule has 0 fully saturated rings. The Morgan fingerprint density at radius 2 is 2.03 bits per heavy atom. The van der Waals surface area contributed by atoms with Crippen molar-refractivity contribution in [1.29, 1.82) is 0 Å². The van der Waals surface area contributed by atoms with E-state index in [1.807, 2.05) is 12.1 Å². The SMILES string of the molecule is COc1ccc(CNC(=O)N2CCc3nc(NC(=O)c4cc(C)on4)sc3C2)cc1OC. The molecule has 0 spiro atoms. The summed E-state index contributed by atoms with van der Waals surface area (Å²) in [6.45, 7) is 3.06. The van der Waals surface area contributed by atoms with Crippen molar-refractivity contribution in [3.63, 3.8) is 0 Å². The Balaban J connectivity index is 1.35. The van der Waals surface area contributed by atoms with Crippen molar-refractivity contribution >= 4 is 28.4 Å². The van der Waals surface area contributed by atoms with Gasteiger partial charge in [0, 0.05) is 30.5 Å². The van der Waals surface area contributed by atoms with Gasteiger partial charge in [0.05, 0.1) is 26.5 Å². The molecule has 0 unspecified atom stereocenters. The predicted octanol–water partition coefficient (Wildman–Crippen LogP) is 2.98. The highest BCUT2D eigenvalue weighted by Gasteiger charge is 2.25. The molecular weight excluding hydrogens is 434 g/mol. The highest BCUT2D eigenvalue weighted by atomic mass is 32.1. The third-order valence-corrected chi connectivity index (χ3v) is 5.99. The highest BCUT2D eigenvalue weighted by Crippen LogP contribution is 2.29. The standard InChI is InChI=1S/C21H23N5O5S/c1-12-8-15(25-31-12)19(27)24-20-23-14-6-7-26(11-18(14)32-20)21(28)22-10-13-4-5-16(29-2)17(9-13)30-3/h4-5,8-9H,6-7,10-11H2,1-3H3,(H,22,28)(H,23,24,27). The van der Waals surface area contributed by atoms with Crippen LogP contribution >= 0.6 is 11.3 Å². The molecule has 0 radical (unpaired) electrons. The molecule has 10 nitrogen and oxygen atoms in total. The van der Waals surface area contributed by atoms with Crippen molar-refractivity contribution in [3.05, 3.63) is 51.9 Å². The monoisotopic (exact) mass is 457 g/mol. The first-order valence-electron chi connectivity index (χ1n) is 9.93. The van der Waals surface area contributed by atoms with Crippen LogP contribution in [0, 0.1) is 6.92 Å². The topological polar surface area (TPSA) is 119 Å². The predicted molar refractivity (Wildman–Crippen MR) is 117 cm³/mol. The zero-order chi connectivity index (χ0) is 22.7. The fourth-order valence-electron chi connectivity index (χ4n) is 3.34. The van der Waals surface area contributed by atoms with E-state index in [0.717, 1.165) is 16.1 Å². The van der Waals surface area contributed by atoms with Gasteiger partial charge in [0.15, 0.2) is 22.3 Å². The molecule has 3 amide bonds. The number of methoxy groups -OCH3 is 2. The Morgan fingerprint density at radius 3 is 2.75 bits per heavy atom. The van der Waals surface area contributed by atoms with E-state index in [0.29, 0.717) is 48.4 Å². The van der Waals surface area contributed by atoms with Gasteiger partial charge in [-0.1, -0.05) is 22.6 Å². The van der Waals surface area contributed by atoms with E-state index in [1.165, 1.54) is 11.3 Å². The van der Waals surface area contributed by atoms with E-state index in [-0.39, 0.29) is 17.6 Å². The van der Waals surface area contributed by atoms with E-state index in [9.17, 15) is 9.59 Å². The number of aryl methyl sites for hydroxylation is 1. The Labute approximate surface area is 188 Å². The number of carbonyl (C=O) groups excluding carboxylic acids is 2. The number of amides is 3. The molecule has 11 heteroatoms. The van der Waals surface area contributed by atoms with Crippen LogP contribution in [0.15, 0.2) is 28.8 Å². The summed E-state index contributed by atoms with van der Waals surface area (Å²) in [5.41, 5.74) is 2.00. The van der Waals surface area contributed by atoms with Crippen LogP contribution in [0.5, 0.6) is 11.5 Å². The number of urea groups is 1. The van der Waals surface area contributed by atoms with Crippen molar-refractivity contribution in [2.45, 2.75) is 26.4 Å². The molecule has 2 aromatic heterocycles. The first-order chi connectivity index (χ1) is 15.5. The van der Waals surface area contributed by atoms with Gasteiger partial charge in [0.1, 0.15) is 5.76 Å². The number of hydrogen-bond acceptors (Lipinski definition) is 8. The molecule has 0 aliphatic carbocycles. The number of fused-ring (bicyclic) bond motifs is 1. The van der Waals surface area contributed by atoms with Gasteiger partial charge in [-0.2, -0.15) is 0 Å². The Kier molecular flexibility index (Phi) is 6.26. The lowest BCUT2D eigenvalue weighted by Gasteiger charge is -2.26. The molecule has 1 aromatic carbocycles. The maximum atomic E-state index is 12.7. The van der Waals surface area contributed by atoms with Gasteiger partial charge in [-0.25, -0.2) is 9.78 Å². The van der Waals surface area contributed by atoms with E-state index >= 15 is 0 Å². The minimum absolute atomic E-state index is 0.164. The summed E-state index contributed by atoms with van der Waals surface area (Å²) < 4.78 is 15.5. The maximum absolute atomic E-state index is 12.7. The quantitative estimate of drug-likeness (QED) is 0.584. The molecule has 1 aliphatic heterocycles. The van der Waals surface area contributed by atoms with Crippen LogP contribution in [0.4, 0.5) is 9.93 Å². The summed E-state index contributed by atoms with van der Waals surface area (Å²) >= 11 is 1.36. The second-order valence-electron chi connectivity index (χ2n) is 7.19. The molecule has 0 saturated heterocycles. The van der Waals surface area contributed by atoms with Crippen molar-refractivity contribution in [2.75, 3.05) is 26.1 Å². The number of carbonyl (C=O) groups is 2. The largest absolute Gasteiger partial charge is 0.493 e. The van der Waals surface area contributed by atoms with Gasteiger partial charge < -0.3 is 24.2 Å². The fraction of sp³-hybridized carbons (Fsp3) is 0.333. The summed E-state index contributed by atoms with van der Waals surface area (Å²) in [6.07, 6.45) is 0.620. The second-order valence-corrected chi connectivity index (χ2v) is 8.27. The normalized spacial score (nSPS) is 12.8. The summed E-state index contributed by atoms with van der Waals surface area (Å²) in [6, 6.07) is 6.92. The zero-order valence-electron chi connectivity index (χ0n) is 17.9. The van der Waals surface area contributed by atoms with Crippen LogP contribution in [0.3, 0.4) is 0 Å². The number of nitrogens with one attached hydrogen (secondary N) is 2. The molecule has 32 heavy (non-hydrogen) atoms. The molecule has 0 atom stereocenters. The lowest BCUT2D eigenvalue weighted by atomic mass is 10.2. The molecule has 0 bridgehead atoms. The molecule has 168 valence electrons. The zero-order valence-corrected chi connectivity index (χ0v) is 18.7. The Morgan fingerprint density at radius 1 is 1.22 bits per heavy atom. The third kappa shape index (κ3) is 4.67. The van der Waals surface area contributed by atoms with Gasteiger partial charge in [-0.3, -0.25) is 10.1 Å². The van der Waals surface area contributed by atoms with E-state index in [2.05, 4.69) is 20.8 Å². The number of benzene rings is 1. The summed E-state index contributed by atoms with van der Waals surface area (Å²) in [5, 5.41) is 9.87. The second kappa shape index (κ2) is 9.27.